The highest BCUT2D eigenvalue weighted by Gasteiger charge is 2.19. The lowest BCUT2D eigenvalue weighted by atomic mass is 9.91. The van der Waals surface area contributed by atoms with Gasteiger partial charge in [0.15, 0.2) is 5.13 Å². The first kappa shape index (κ1) is 20.4. The molecule has 154 valence electrons. The minimum absolute atomic E-state index is 0.113. The van der Waals surface area contributed by atoms with Gasteiger partial charge in [-0.3, -0.25) is 20.2 Å². The summed E-state index contributed by atoms with van der Waals surface area (Å²) in [5.41, 5.74) is 4.79. The zero-order valence-corrected chi connectivity index (χ0v) is 17.3. The molecule has 0 aliphatic carbocycles. The van der Waals surface area contributed by atoms with Crippen LogP contribution < -0.4 is 5.32 Å². The van der Waals surface area contributed by atoms with Gasteiger partial charge in [-0.1, -0.05) is 72.8 Å². The highest BCUT2D eigenvalue weighted by Crippen LogP contribution is 2.27. The summed E-state index contributed by atoms with van der Waals surface area (Å²) < 4.78 is 0. The van der Waals surface area contributed by atoms with Crippen LogP contribution in [0.5, 0.6) is 0 Å². The standard InChI is InChI=1S/C24H19N3O3S/c28-23(26-24-25-16-22(31-24)27(29)30)20-13-7-12-19(14-17-8-3-1-4-9-17)21(20)15-18-10-5-2-6-11-18/h1-13,16H,14-15H2,(H,25,26,28). The summed E-state index contributed by atoms with van der Waals surface area (Å²) in [5, 5.41) is 13.7. The summed E-state index contributed by atoms with van der Waals surface area (Å²) >= 11 is 0.839. The number of carbonyl (C=O) groups is 1. The van der Waals surface area contributed by atoms with E-state index in [-0.39, 0.29) is 16.0 Å². The SMILES string of the molecule is O=C(Nc1ncc([N+](=O)[O-])s1)c1cccc(Cc2ccccc2)c1Cc1ccccc1. The maximum atomic E-state index is 13.1. The van der Waals surface area contributed by atoms with Crippen molar-refractivity contribution in [3.8, 4) is 0 Å². The maximum absolute atomic E-state index is 13.1. The molecule has 4 aromatic rings. The monoisotopic (exact) mass is 429 g/mol. The normalized spacial score (nSPS) is 10.6. The third kappa shape index (κ3) is 5.02. The Hall–Kier alpha value is -3.84. The van der Waals surface area contributed by atoms with Crippen molar-refractivity contribution >= 4 is 27.4 Å². The Labute approximate surface area is 183 Å². The molecule has 0 saturated carbocycles. The molecule has 1 N–H and O–H groups in total. The quantitative estimate of drug-likeness (QED) is 0.311. The van der Waals surface area contributed by atoms with Crippen LogP contribution in [0.1, 0.15) is 32.6 Å². The fourth-order valence-corrected chi connectivity index (χ4v) is 4.04. The van der Waals surface area contributed by atoms with Crippen molar-refractivity contribution in [2.75, 3.05) is 5.32 Å². The smallest absolute Gasteiger partial charge is 0.298 e. The lowest BCUT2D eigenvalue weighted by Crippen LogP contribution is -2.16. The second-order valence-electron chi connectivity index (χ2n) is 6.98. The number of rotatable bonds is 7. The Kier molecular flexibility index (Phi) is 6.14. The van der Waals surface area contributed by atoms with E-state index in [1.54, 1.807) is 6.07 Å². The summed E-state index contributed by atoms with van der Waals surface area (Å²) in [7, 11) is 0. The number of carbonyl (C=O) groups excluding carboxylic acids is 1. The van der Waals surface area contributed by atoms with Crippen LogP contribution in [0.3, 0.4) is 0 Å². The van der Waals surface area contributed by atoms with Crippen molar-refractivity contribution in [3.63, 3.8) is 0 Å². The van der Waals surface area contributed by atoms with E-state index in [1.165, 1.54) is 0 Å². The van der Waals surface area contributed by atoms with Gasteiger partial charge in [0.05, 0.1) is 4.92 Å². The molecule has 31 heavy (non-hydrogen) atoms. The molecular weight excluding hydrogens is 410 g/mol. The van der Waals surface area contributed by atoms with Crippen LogP contribution in [0.25, 0.3) is 0 Å². The van der Waals surface area contributed by atoms with Crippen LogP contribution in [-0.2, 0) is 12.8 Å². The Balaban J connectivity index is 1.68. The highest BCUT2D eigenvalue weighted by atomic mass is 32.1. The minimum Gasteiger partial charge on any atom is -0.298 e. The number of hydrogen-bond acceptors (Lipinski definition) is 5. The molecule has 0 radical (unpaired) electrons. The van der Waals surface area contributed by atoms with Crippen LogP contribution >= 0.6 is 11.3 Å². The summed E-state index contributed by atoms with van der Waals surface area (Å²) in [6, 6.07) is 25.8. The van der Waals surface area contributed by atoms with E-state index >= 15 is 0 Å². The predicted molar refractivity (Wildman–Crippen MR) is 122 cm³/mol. The van der Waals surface area contributed by atoms with Gasteiger partial charge in [0.1, 0.15) is 6.20 Å². The summed E-state index contributed by atoms with van der Waals surface area (Å²) in [6.45, 7) is 0. The third-order valence-electron chi connectivity index (χ3n) is 4.87. The van der Waals surface area contributed by atoms with Crippen LogP contribution in [0.4, 0.5) is 10.1 Å². The number of anilines is 1. The van der Waals surface area contributed by atoms with E-state index in [1.807, 2.05) is 60.7 Å². The van der Waals surface area contributed by atoms with Crippen molar-refractivity contribution in [3.05, 3.63) is 123 Å². The Morgan fingerprint density at radius 3 is 2.16 bits per heavy atom. The summed E-state index contributed by atoms with van der Waals surface area (Å²) in [6.07, 6.45) is 2.45. The van der Waals surface area contributed by atoms with Gasteiger partial charge in [-0.05, 0) is 52.5 Å². The lowest BCUT2D eigenvalue weighted by Gasteiger charge is -2.15. The number of nitrogens with one attached hydrogen (secondary N) is 1. The minimum atomic E-state index is -0.519. The van der Waals surface area contributed by atoms with E-state index in [0.29, 0.717) is 18.4 Å². The van der Waals surface area contributed by atoms with Gasteiger partial charge < -0.3 is 0 Å². The zero-order valence-electron chi connectivity index (χ0n) is 16.5. The van der Waals surface area contributed by atoms with Crippen LogP contribution in [0.2, 0.25) is 0 Å². The Bertz CT molecular complexity index is 1210. The summed E-state index contributed by atoms with van der Waals surface area (Å²) in [5.74, 6) is -0.329. The number of nitrogens with zero attached hydrogens (tertiary/aromatic N) is 2. The molecule has 1 heterocycles. The summed E-state index contributed by atoms with van der Waals surface area (Å²) in [4.78, 5) is 27.4. The molecule has 0 bridgehead atoms. The number of thiazole rings is 1. The van der Waals surface area contributed by atoms with Gasteiger partial charge in [-0.2, -0.15) is 0 Å². The van der Waals surface area contributed by atoms with E-state index in [9.17, 15) is 14.9 Å². The lowest BCUT2D eigenvalue weighted by molar-refractivity contribution is -0.380. The fraction of sp³-hybridized carbons (Fsp3) is 0.0833. The van der Waals surface area contributed by atoms with E-state index < -0.39 is 4.92 Å². The van der Waals surface area contributed by atoms with E-state index in [0.717, 1.165) is 39.8 Å². The first-order valence-electron chi connectivity index (χ1n) is 9.70. The highest BCUT2D eigenvalue weighted by molar-refractivity contribution is 7.18. The molecule has 1 aromatic heterocycles. The van der Waals surface area contributed by atoms with Gasteiger partial charge in [0, 0.05) is 5.56 Å². The molecule has 0 spiro atoms. The molecule has 3 aromatic carbocycles. The average molecular weight is 430 g/mol. The number of benzene rings is 3. The Morgan fingerprint density at radius 2 is 1.55 bits per heavy atom. The van der Waals surface area contributed by atoms with Crippen molar-refractivity contribution in [2.45, 2.75) is 12.8 Å². The van der Waals surface area contributed by atoms with Crippen molar-refractivity contribution in [2.24, 2.45) is 0 Å². The molecular formula is C24H19N3O3S. The van der Waals surface area contributed by atoms with E-state index in [4.69, 9.17) is 0 Å². The number of amides is 1. The molecule has 4 rings (SSSR count). The second-order valence-corrected chi connectivity index (χ2v) is 7.99. The average Bonchev–Trinajstić information content (AvgIpc) is 3.25. The molecule has 0 aliphatic heterocycles. The van der Waals surface area contributed by atoms with Gasteiger partial charge in [0.2, 0.25) is 0 Å². The van der Waals surface area contributed by atoms with Gasteiger partial charge in [0.25, 0.3) is 5.91 Å². The molecule has 0 unspecified atom stereocenters. The largest absolute Gasteiger partial charge is 0.345 e. The predicted octanol–water partition coefficient (Wildman–Crippen LogP) is 5.49. The number of hydrogen-bond donors (Lipinski definition) is 1. The molecule has 6 nitrogen and oxygen atoms in total. The molecule has 7 heteroatoms. The first-order chi connectivity index (χ1) is 15.1. The van der Waals surface area contributed by atoms with Gasteiger partial charge in [-0.15, -0.1) is 0 Å². The zero-order chi connectivity index (χ0) is 21.6. The maximum Gasteiger partial charge on any atom is 0.345 e. The van der Waals surface area contributed by atoms with Crippen LogP contribution in [-0.4, -0.2) is 15.8 Å². The van der Waals surface area contributed by atoms with Crippen LogP contribution in [0, 0.1) is 10.1 Å². The molecule has 0 atom stereocenters. The fourth-order valence-electron chi connectivity index (χ4n) is 3.41. The van der Waals surface area contributed by atoms with Crippen molar-refractivity contribution < 1.29 is 9.72 Å². The van der Waals surface area contributed by atoms with Crippen LogP contribution in [0.15, 0.2) is 85.1 Å². The molecule has 0 fully saturated rings. The van der Waals surface area contributed by atoms with Crippen molar-refractivity contribution in [1.29, 1.82) is 0 Å². The molecule has 0 saturated heterocycles. The first-order valence-corrected chi connectivity index (χ1v) is 10.5. The molecule has 0 aliphatic rings. The number of aromatic nitrogens is 1. The topological polar surface area (TPSA) is 85.1 Å². The second kappa shape index (κ2) is 9.32. The third-order valence-corrected chi connectivity index (χ3v) is 5.74. The Morgan fingerprint density at radius 1 is 0.903 bits per heavy atom. The van der Waals surface area contributed by atoms with E-state index in [2.05, 4.69) is 22.4 Å². The number of nitro groups is 1. The van der Waals surface area contributed by atoms with Crippen molar-refractivity contribution in [1.82, 2.24) is 4.98 Å². The van der Waals surface area contributed by atoms with Gasteiger partial charge in [-0.25, -0.2) is 4.98 Å². The molecule has 1 amide bonds. The van der Waals surface area contributed by atoms with Gasteiger partial charge >= 0.3 is 5.00 Å².